The molecule has 0 aromatic heterocycles. The number of carbonyl (C=O) groups excluding carboxylic acids is 3. The zero-order chi connectivity index (χ0) is 58.9. The molecule has 0 aromatic carbocycles. The lowest BCUT2D eigenvalue weighted by atomic mass is 9.98. The zero-order valence-electron chi connectivity index (χ0n) is 52.0. The summed E-state index contributed by atoms with van der Waals surface area (Å²) in [6.07, 6.45) is 57.7. The number of carboxylic acid groups (broad SMARTS) is 1. The van der Waals surface area contributed by atoms with E-state index in [4.69, 9.17) is 23.7 Å². The van der Waals surface area contributed by atoms with Gasteiger partial charge < -0.3 is 39.0 Å². The Morgan fingerprint density at radius 3 is 1.15 bits per heavy atom. The van der Waals surface area contributed by atoms with E-state index in [0.717, 1.165) is 109 Å². The van der Waals surface area contributed by atoms with Crippen molar-refractivity contribution in [2.45, 2.75) is 353 Å². The molecule has 470 valence electrons. The Labute approximate surface area is 494 Å². The van der Waals surface area contributed by atoms with Crippen LogP contribution in [0, 0.1) is 0 Å². The van der Waals surface area contributed by atoms with Crippen LogP contribution in [0.25, 0.3) is 0 Å². The third-order valence-corrected chi connectivity index (χ3v) is 15.3. The molecule has 0 amide bonds. The molecule has 6 unspecified atom stereocenters. The first kappa shape index (κ1) is 75.7. The first-order valence-corrected chi connectivity index (χ1v) is 33.6. The fraction of sp³-hybridized carbons (Fsp3) is 0.826. The van der Waals surface area contributed by atoms with E-state index in [1.807, 2.05) is 0 Å². The van der Waals surface area contributed by atoms with Crippen LogP contribution in [0.5, 0.6) is 0 Å². The highest BCUT2D eigenvalue weighted by atomic mass is 16.7. The summed E-state index contributed by atoms with van der Waals surface area (Å²) in [5.41, 5.74) is 0. The second-order valence-corrected chi connectivity index (χ2v) is 23.1. The summed E-state index contributed by atoms with van der Waals surface area (Å²) in [6, 6.07) is 0. The van der Waals surface area contributed by atoms with E-state index >= 15 is 0 Å². The highest BCUT2D eigenvalue weighted by Gasteiger charge is 2.50. The summed E-state index contributed by atoms with van der Waals surface area (Å²) in [5, 5.41) is 31.6. The zero-order valence-corrected chi connectivity index (χ0v) is 52.0. The van der Waals surface area contributed by atoms with Gasteiger partial charge in [0.05, 0.1) is 6.61 Å². The first-order chi connectivity index (χ1) is 39.6. The largest absolute Gasteiger partial charge is 0.479 e. The molecule has 0 bridgehead atoms. The minimum atomic E-state index is -1.91. The molecule has 12 nitrogen and oxygen atoms in total. The number of rotatable bonds is 58. The SMILES string of the molecule is CCCCC/C=C\C/C=C\CCCCCCCCCC(=O)OCC(COC1OC(C(=O)O)C(O)C(O)C1OC(=O)CCCCCCCCCCC/C=C\CCCCCCCC)OC(=O)CCCCCCC/C=C\CCCCCCCC. The maximum absolute atomic E-state index is 13.2. The van der Waals surface area contributed by atoms with Crippen molar-refractivity contribution in [3.63, 3.8) is 0 Å². The molecule has 1 saturated heterocycles. The van der Waals surface area contributed by atoms with Crippen LogP contribution >= 0.6 is 0 Å². The standard InChI is InChI=1S/C69H122O12/c1-4-7-10-13-16-19-22-25-28-30-31-33-36-39-42-45-48-51-54-57-63(72)80-67-65(74)64(73)66(68(75)76)81-69(67)78-59-60(79-62(71)56-53-50-47-44-41-38-34-27-24-21-18-15-12-9-6-3)58-77-61(70)55-52-49-46-43-40-37-35-32-29-26-23-20-17-14-11-8-5-2/h17,20,25-29,34,60,64-67,69,73-74H,4-16,18-19,21-24,30-33,35-59H2,1-3H3,(H,75,76)/b20-17-,28-25-,29-26-,34-27-. The monoisotopic (exact) mass is 1140 g/mol. The lowest BCUT2D eigenvalue weighted by Gasteiger charge is -2.40. The lowest BCUT2D eigenvalue weighted by Crippen LogP contribution is -2.61. The molecule has 0 saturated carbocycles. The van der Waals surface area contributed by atoms with Crippen molar-refractivity contribution in [1.82, 2.24) is 0 Å². The number of hydrogen-bond donors (Lipinski definition) is 3. The van der Waals surface area contributed by atoms with Crippen LogP contribution in [-0.4, -0.2) is 89.2 Å². The van der Waals surface area contributed by atoms with Gasteiger partial charge in [0.15, 0.2) is 24.6 Å². The van der Waals surface area contributed by atoms with Gasteiger partial charge in [0, 0.05) is 19.3 Å². The van der Waals surface area contributed by atoms with Gasteiger partial charge in [-0.2, -0.15) is 0 Å². The van der Waals surface area contributed by atoms with Gasteiger partial charge in [-0.3, -0.25) is 14.4 Å². The minimum absolute atomic E-state index is 0.0584. The highest BCUT2D eigenvalue weighted by molar-refractivity contribution is 5.74. The van der Waals surface area contributed by atoms with Gasteiger partial charge in [0.1, 0.15) is 18.8 Å². The molecule has 12 heteroatoms. The summed E-state index contributed by atoms with van der Waals surface area (Å²) >= 11 is 0. The smallest absolute Gasteiger partial charge is 0.335 e. The predicted octanol–water partition coefficient (Wildman–Crippen LogP) is 18.1. The number of carboxylic acids is 1. The van der Waals surface area contributed by atoms with Crippen LogP contribution < -0.4 is 0 Å². The summed E-state index contributed by atoms with van der Waals surface area (Å²) in [5.74, 6) is -3.12. The number of esters is 3. The molecular weight excluding hydrogens is 1020 g/mol. The number of carbonyl (C=O) groups is 4. The van der Waals surface area contributed by atoms with Crippen molar-refractivity contribution in [2.24, 2.45) is 0 Å². The van der Waals surface area contributed by atoms with E-state index in [-0.39, 0.29) is 25.9 Å². The van der Waals surface area contributed by atoms with Crippen molar-refractivity contribution in [3.05, 3.63) is 48.6 Å². The fourth-order valence-corrected chi connectivity index (χ4v) is 10.2. The Hall–Kier alpha value is -3.32. The van der Waals surface area contributed by atoms with E-state index < -0.39 is 67.3 Å². The van der Waals surface area contributed by atoms with Crippen LogP contribution in [0.4, 0.5) is 0 Å². The van der Waals surface area contributed by atoms with Crippen molar-refractivity contribution in [3.8, 4) is 0 Å². The predicted molar refractivity (Wildman–Crippen MR) is 331 cm³/mol. The topological polar surface area (TPSA) is 175 Å². The number of allylic oxidation sites excluding steroid dienone is 8. The van der Waals surface area contributed by atoms with Crippen molar-refractivity contribution in [2.75, 3.05) is 13.2 Å². The number of aliphatic carboxylic acids is 1. The number of unbranched alkanes of at least 4 members (excludes halogenated alkanes) is 36. The number of aliphatic hydroxyl groups excluding tert-OH is 2. The van der Waals surface area contributed by atoms with E-state index in [1.165, 1.54) is 148 Å². The average Bonchev–Trinajstić information content (AvgIpc) is 3.53. The summed E-state index contributed by atoms with van der Waals surface area (Å²) in [4.78, 5) is 51.4. The molecule has 0 radical (unpaired) electrons. The summed E-state index contributed by atoms with van der Waals surface area (Å²) < 4.78 is 28.6. The molecular formula is C69H122O12. The van der Waals surface area contributed by atoms with Gasteiger partial charge >= 0.3 is 23.9 Å². The van der Waals surface area contributed by atoms with Crippen molar-refractivity contribution in [1.29, 1.82) is 0 Å². The van der Waals surface area contributed by atoms with Crippen molar-refractivity contribution >= 4 is 23.9 Å². The third-order valence-electron chi connectivity index (χ3n) is 15.3. The Bertz CT molecular complexity index is 1590. The molecule has 0 spiro atoms. The molecule has 81 heavy (non-hydrogen) atoms. The number of aliphatic hydroxyl groups is 2. The lowest BCUT2D eigenvalue weighted by molar-refractivity contribution is -0.301. The van der Waals surface area contributed by atoms with Crippen LogP contribution in [-0.2, 0) is 42.9 Å². The maximum Gasteiger partial charge on any atom is 0.335 e. The molecule has 1 rings (SSSR count). The molecule has 1 aliphatic heterocycles. The van der Waals surface area contributed by atoms with E-state index in [1.54, 1.807) is 0 Å². The normalized spacial score (nSPS) is 18.0. The molecule has 3 N–H and O–H groups in total. The van der Waals surface area contributed by atoms with Crippen molar-refractivity contribution < 1.29 is 58.2 Å². The maximum atomic E-state index is 13.2. The van der Waals surface area contributed by atoms with Crippen LogP contribution in [0.3, 0.4) is 0 Å². The van der Waals surface area contributed by atoms with E-state index in [9.17, 15) is 34.5 Å². The second-order valence-electron chi connectivity index (χ2n) is 23.1. The van der Waals surface area contributed by atoms with Gasteiger partial charge in [-0.25, -0.2) is 4.79 Å². The Morgan fingerprint density at radius 2 is 0.741 bits per heavy atom. The average molecular weight is 1140 g/mol. The van der Waals surface area contributed by atoms with Gasteiger partial charge in [0.2, 0.25) is 0 Å². The molecule has 0 aromatic rings. The van der Waals surface area contributed by atoms with Crippen LogP contribution in [0.2, 0.25) is 0 Å². The van der Waals surface area contributed by atoms with Gasteiger partial charge in [-0.15, -0.1) is 0 Å². The number of ether oxygens (including phenoxy) is 5. The fourth-order valence-electron chi connectivity index (χ4n) is 10.2. The number of hydrogen-bond acceptors (Lipinski definition) is 11. The summed E-state index contributed by atoms with van der Waals surface area (Å²) in [6.45, 7) is 5.99. The third kappa shape index (κ3) is 46.7. The second kappa shape index (κ2) is 57.1. The van der Waals surface area contributed by atoms with Gasteiger partial charge in [-0.05, 0) is 103 Å². The molecule has 1 fully saturated rings. The van der Waals surface area contributed by atoms with E-state index in [2.05, 4.69) is 69.4 Å². The van der Waals surface area contributed by atoms with Crippen LogP contribution in [0.1, 0.15) is 316 Å². The molecule has 6 atom stereocenters. The van der Waals surface area contributed by atoms with E-state index in [0.29, 0.717) is 19.3 Å². The quantitative estimate of drug-likeness (QED) is 0.0228. The minimum Gasteiger partial charge on any atom is -0.479 e. The summed E-state index contributed by atoms with van der Waals surface area (Å²) in [7, 11) is 0. The first-order valence-electron chi connectivity index (χ1n) is 33.6. The van der Waals surface area contributed by atoms with Gasteiger partial charge in [-0.1, -0.05) is 243 Å². The van der Waals surface area contributed by atoms with Crippen LogP contribution in [0.15, 0.2) is 48.6 Å². The molecule has 1 heterocycles. The Balaban J connectivity index is 2.64. The van der Waals surface area contributed by atoms with Gasteiger partial charge in [0.25, 0.3) is 0 Å². The molecule has 1 aliphatic rings. The Kier molecular flexibility index (Phi) is 53.4. The molecule has 0 aliphatic carbocycles. The highest BCUT2D eigenvalue weighted by Crippen LogP contribution is 2.27. The Morgan fingerprint density at radius 1 is 0.407 bits per heavy atom.